The molecule has 1 aromatic heterocycles. The van der Waals surface area contributed by atoms with Crippen LogP contribution < -0.4 is 10.1 Å². The molecule has 7 nitrogen and oxygen atoms in total. The average Bonchev–Trinajstić information content (AvgIpc) is 2.91. The van der Waals surface area contributed by atoms with Crippen LogP contribution in [0.2, 0.25) is 5.02 Å². The van der Waals surface area contributed by atoms with E-state index in [0.29, 0.717) is 18.0 Å². The summed E-state index contributed by atoms with van der Waals surface area (Å²) in [5.41, 5.74) is -0.621. The van der Waals surface area contributed by atoms with Crippen LogP contribution in [-0.4, -0.2) is 40.0 Å². The highest BCUT2D eigenvalue weighted by molar-refractivity contribution is 6.31. The standard InChI is InChI=1S/C18H13ClF3N3O4/c19-13-6-10(18(20,21)22)9-23-16(13)29-12-3-1-2-11(7-12)24-14-8-15(27)25(4-5-26)17(14)28/h1-3,6-9,24,26H,4-5H2. The fraction of sp³-hybridized carbons (Fsp3) is 0.167. The molecular weight excluding hydrogens is 415 g/mol. The van der Waals surface area contributed by atoms with Crippen LogP contribution in [0.3, 0.4) is 0 Å². The lowest BCUT2D eigenvalue weighted by molar-refractivity contribution is -0.138. The molecule has 0 fully saturated rings. The van der Waals surface area contributed by atoms with Crippen molar-refractivity contribution in [1.29, 1.82) is 0 Å². The highest BCUT2D eigenvalue weighted by Gasteiger charge is 2.32. The second kappa shape index (κ2) is 8.10. The number of β-amino-alcohol motifs (C(OH)–C–C–N with tert-alkyl or cyclic N) is 1. The maximum absolute atomic E-state index is 12.7. The molecule has 0 bridgehead atoms. The van der Waals surface area contributed by atoms with Crippen LogP contribution in [0.25, 0.3) is 0 Å². The number of anilines is 1. The van der Waals surface area contributed by atoms with E-state index in [-0.39, 0.29) is 35.5 Å². The number of carbonyl (C=O) groups excluding carboxylic acids is 2. The van der Waals surface area contributed by atoms with Gasteiger partial charge < -0.3 is 15.2 Å². The SMILES string of the molecule is O=C1C=C(Nc2cccc(Oc3ncc(C(F)(F)F)cc3Cl)c2)C(=O)N1CCO. The van der Waals surface area contributed by atoms with Crippen molar-refractivity contribution in [2.45, 2.75) is 6.18 Å². The Labute approximate surface area is 167 Å². The highest BCUT2D eigenvalue weighted by Crippen LogP contribution is 2.35. The number of imide groups is 1. The lowest BCUT2D eigenvalue weighted by Gasteiger charge is -2.14. The van der Waals surface area contributed by atoms with Gasteiger partial charge >= 0.3 is 6.18 Å². The summed E-state index contributed by atoms with van der Waals surface area (Å²) in [7, 11) is 0. The first-order valence-electron chi connectivity index (χ1n) is 8.15. The number of nitrogens with one attached hydrogen (secondary N) is 1. The summed E-state index contributed by atoms with van der Waals surface area (Å²) in [5.74, 6) is -1.19. The normalized spacial score (nSPS) is 14.2. The molecule has 1 aliphatic heterocycles. The number of ether oxygens (including phenoxy) is 1. The molecule has 2 N–H and O–H groups in total. The number of hydrogen-bond donors (Lipinski definition) is 2. The summed E-state index contributed by atoms with van der Waals surface area (Å²) in [6.45, 7) is -0.483. The van der Waals surface area contributed by atoms with Gasteiger partial charge in [0.25, 0.3) is 11.8 Å². The minimum Gasteiger partial charge on any atom is -0.437 e. The van der Waals surface area contributed by atoms with E-state index >= 15 is 0 Å². The first-order chi connectivity index (χ1) is 13.7. The summed E-state index contributed by atoms with van der Waals surface area (Å²) in [4.78, 5) is 28.4. The van der Waals surface area contributed by atoms with E-state index in [1.807, 2.05) is 0 Å². The van der Waals surface area contributed by atoms with Crippen LogP contribution in [0.15, 0.2) is 48.3 Å². The number of aliphatic hydroxyl groups is 1. The van der Waals surface area contributed by atoms with E-state index in [0.717, 1.165) is 11.0 Å². The Bertz CT molecular complexity index is 995. The minimum atomic E-state index is -4.58. The molecule has 0 aliphatic carbocycles. The number of alkyl halides is 3. The summed E-state index contributed by atoms with van der Waals surface area (Å²) in [6.07, 6.45) is -2.88. The Morgan fingerprint density at radius 2 is 2.00 bits per heavy atom. The number of aliphatic hydroxyl groups excluding tert-OH is 1. The number of amides is 2. The van der Waals surface area contributed by atoms with Gasteiger partial charge in [0.05, 0.1) is 18.7 Å². The molecule has 2 aromatic rings. The van der Waals surface area contributed by atoms with Gasteiger partial charge in [0.2, 0.25) is 5.88 Å². The summed E-state index contributed by atoms with van der Waals surface area (Å²) < 4.78 is 43.5. The maximum atomic E-state index is 12.7. The van der Waals surface area contributed by atoms with Crippen LogP contribution in [0.1, 0.15) is 5.56 Å². The van der Waals surface area contributed by atoms with E-state index in [2.05, 4.69) is 10.3 Å². The van der Waals surface area contributed by atoms with E-state index in [4.69, 9.17) is 21.4 Å². The van der Waals surface area contributed by atoms with Crippen molar-refractivity contribution in [2.75, 3.05) is 18.5 Å². The molecule has 0 unspecified atom stereocenters. The van der Waals surface area contributed by atoms with E-state index < -0.39 is 23.6 Å². The Hall–Kier alpha value is -3.11. The lowest BCUT2D eigenvalue weighted by Crippen LogP contribution is -2.34. The molecule has 2 heterocycles. The zero-order chi connectivity index (χ0) is 21.2. The van der Waals surface area contributed by atoms with E-state index in [1.165, 1.54) is 12.1 Å². The van der Waals surface area contributed by atoms with Crippen LogP contribution in [0.4, 0.5) is 18.9 Å². The number of rotatable bonds is 6. The molecule has 152 valence electrons. The highest BCUT2D eigenvalue weighted by atomic mass is 35.5. The van der Waals surface area contributed by atoms with Gasteiger partial charge in [0, 0.05) is 24.0 Å². The third-order valence-corrected chi connectivity index (χ3v) is 4.07. The van der Waals surface area contributed by atoms with Crippen LogP contribution in [0, 0.1) is 0 Å². The van der Waals surface area contributed by atoms with Gasteiger partial charge in [0.1, 0.15) is 16.5 Å². The fourth-order valence-corrected chi connectivity index (χ4v) is 2.67. The quantitative estimate of drug-likeness (QED) is 0.688. The molecule has 1 aromatic carbocycles. The van der Waals surface area contributed by atoms with Crippen molar-refractivity contribution >= 4 is 29.1 Å². The van der Waals surface area contributed by atoms with Crippen molar-refractivity contribution in [2.24, 2.45) is 0 Å². The minimum absolute atomic E-state index is 0.00582. The van der Waals surface area contributed by atoms with Gasteiger partial charge in [0.15, 0.2) is 0 Å². The van der Waals surface area contributed by atoms with E-state index in [9.17, 15) is 22.8 Å². The predicted octanol–water partition coefficient (Wildman–Crippen LogP) is 3.20. The van der Waals surface area contributed by atoms with Crippen molar-refractivity contribution in [3.8, 4) is 11.6 Å². The van der Waals surface area contributed by atoms with Crippen LogP contribution >= 0.6 is 11.6 Å². The van der Waals surface area contributed by atoms with Gasteiger partial charge in [-0.25, -0.2) is 4.98 Å². The molecule has 0 saturated heterocycles. The summed E-state index contributed by atoms with van der Waals surface area (Å²) in [5, 5.41) is 11.4. The fourth-order valence-electron chi connectivity index (χ4n) is 2.47. The zero-order valence-corrected chi connectivity index (χ0v) is 15.3. The predicted molar refractivity (Wildman–Crippen MR) is 96.3 cm³/mol. The summed E-state index contributed by atoms with van der Waals surface area (Å²) >= 11 is 5.82. The number of aromatic nitrogens is 1. The third-order valence-electron chi connectivity index (χ3n) is 3.80. The number of halogens is 4. The van der Waals surface area contributed by atoms with Gasteiger partial charge in [-0.3, -0.25) is 14.5 Å². The third kappa shape index (κ3) is 4.66. The molecule has 0 saturated carbocycles. The van der Waals surface area contributed by atoms with Crippen molar-refractivity contribution in [3.05, 3.63) is 58.9 Å². The van der Waals surface area contributed by atoms with Crippen molar-refractivity contribution < 1.29 is 32.6 Å². The average molecular weight is 428 g/mol. The Morgan fingerprint density at radius 3 is 2.66 bits per heavy atom. The zero-order valence-electron chi connectivity index (χ0n) is 14.5. The van der Waals surface area contributed by atoms with Gasteiger partial charge in [-0.2, -0.15) is 13.2 Å². The van der Waals surface area contributed by atoms with E-state index in [1.54, 1.807) is 12.1 Å². The van der Waals surface area contributed by atoms with Crippen LogP contribution in [-0.2, 0) is 15.8 Å². The number of nitrogens with zero attached hydrogens (tertiary/aromatic N) is 2. The molecule has 0 spiro atoms. The maximum Gasteiger partial charge on any atom is 0.417 e. The van der Waals surface area contributed by atoms with Gasteiger partial charge in [-0.05, 0) is 18.2 Å². The number of carbonyl (C=O) groups is 2. The summed E-state index contributed by atoms with van der Waals surface area (Å²) in [6, 6.07) is 6.80. The second-order valence-corrected chi connectivity index (χ2v) is 6.25. The molecule has 11 heteroatoms. The Kier molecular flexibility index (Phi) is 5.76. The molecular formula is C18H13ClF3N3O4. The largest absolute Gasteiger partial charge is 0.437 e. The molecule has 29 heavy (non-hydrogen) atoms. The first kappa shape index (κ1) is 20.6. The molecule has 3 rings (SSSR count). The monoisotopic (exact) mass is 427 g/mol. The smallest absolute Gasteiger partial charge is 0.417 e. The number of benzene rings is 1. The molecule has 1 aliphatic rings. The first-order valence-corrected chi connectivity index (χ1v) is 8.53. The topological polar surface area (TPSA) is 91.8 Å². The molecule has 0 radical (unpaired) electrons. The molecule has 2 amide bonds. The van der Waals surface area contributed by atoms with Crippen molar-refractivity contribution in [3.63, 3.8) is 0 Å². The number of pyridine rings is 1. The van der Waals surface area contributed by atoms with Gasteiger partial charge in [-0.1, -0.05) is 17.7 Å². The molecule has 0 atom stereocenters. The second-order valence-electron chi connectivity index (χ2n) is 5.84. The Balaban J connectivity index is 1.75. The lowest BCUT2D eigenvalue weighted by atomic mass is 10.2. The Morgan fingerprint density at radius 1 is 1.24 bits per heavy atom. The van der Waals surface area contributed by atoms with Crippen molar-refractivity contribution in [1.82, 2.24) is 9.88 Å². The van der Waals surface area contributed by atoms with Crippen LogP contribution in [0.5, 0.6) is 11.6 Å². The van der Waals surface area contributed by atoms with Gasteiger partial charge in [-0.15, -0.1) is 0 Å². The number of hydrogen-bond acceptors (Lipinski definition) is 6.